The molecule has 0 aromatic heterocycles. The molecule has 0 aliphatic heterocycles. The van der Waals surface area contributed by atoms with Crippen LogP contribution in [0.5, 0.6) is 0 Å². The highest BCUT2D eigenvalue weighted by atomic mass is 32.2. The molecule has 0 heterocycles. The van der Waals surface area contributed by atoms with E-state index in [1.165, 1.54) is 10.4 Å². The summed E-state index contributed by atoms with van der Waals surface area (Å²) in [5.74, 6) is 6.88. The Morgan fingerprint density at radius 2 is 1.35 bits per heavy atom. The van der Waals surface area contributed by atoms with Gasteiger partial charge in [-0.25, -0.2) is 8.51 Å². The second kappa shape index (κ2) is 15.5. The fraction of sp³-hybridized carbons (Fsp3) is 0.556. The summed E-state index contributed by atoms with van der Waals surface area (Å²) in [6, 6.07) is 21.1. The second-order valence-corrected chi connectivity index (χ2v) is 26.1. The van der Waals surface area contributed by atoms with Crippen LogP contribution in [-0.2, 0) is 19.8 Å². The van der Waals surface area contributed by atoms with Crippen LogP contribution in [0.4, 0.5) is 0 Å². The highest BCUT2D eigenvalue weighted by Gasteiger charge is 2.50. The molecule has 1 unspecified atom stereocenters. The molecule has 2 rings (SSSR count). The van der Waals surface area contributed by atoms with Crippen molar-refractivity contribution in [1.29, 1.82) is 0 Å². The van der Waals surface area contributed by atoms with E-state index in [0.29, 0.717) is 32.6 Å². The van der Waals surface area contributed by atoms with Gasteiger partial charge in [-0.3, -0.25) is 0 Å². The van der Waals surface area contributed by atoms with Crippen molar-refractivity contribution >= 4 is 38.0 Å². The van der Waals surface area contributed by atoms with Crippen LogP contribution in [0.15, 0.2) is 73.3 Å². The first-order valence-electron chi connectivity index (χ1n) is 15.6. The molecule has 0 amide bonds. The van der Waals surface area contributed by atoms with Crippen LogP contribution in [0.3, 0.4) is 0 Å². The van der Waals surface area contributed by atoms with E-state index in [1.807, 2.05) is 31.2 Å². The predicted octanol–water partition coefficient (Wildman–Crippen LogP) is 7.69. The molecule has 0 spiro atoms. The maximum atomic E-state index is 13.8. The molecule has 0 N–H and O–H groups in total. The summed E-state index contributed by atoms with van der Waals surface area (Å²) in [5.41, 5.74) is 0. The average Bonchev–Trinajstić information content (AvgIpc) is 2.91. The second-order valence-electron chi connectivity index (χ2n) is 14.7. The van der Waals surface area contributed by atoms with Gasteiger partial charge in [-0.15, -0.1) is 6.58 Å². The zero-order chi connectivity index (χ0) is 32.5. The molecule has 0 radical (unpaired) electrons. The summed E-state index contributed by atoms with van der Waals surface area (Å²) in [5, 5.41) is 2.54. The van der Waals surface area contributed by atoms with E-state index in [-0.39, 0.29) is 16.1 Å². The van der Waals surface area contributed by atoms with Gasteiger partial charge < -0.3 is 8.85 Å². The smallest absolute Gasteiger partial charge is 0.261 e. The van der Waals surface area contributed by atoms with Crippen molar-refractivity contribution in [2.75, 3.05) is 19.8 Å². The Morgan fingerprint density at radius 1 is 0.837 bits per heavy atom. The summed E-state index contributed by atoms with van der Waals surface area (Å²) >= 11 is 0. The Balaban J connectivity index is 2.43. The van der Waals surface area contributed by atoms with E-state index in [2.05, 4.69) is 134 Å². The molecular formula is C36H57NO3SSi2. The molecular weight excluding hydrogens is 583 g/mol. The Labute approximate surface area is 268 Å². The molecule has 0 aliphatic carbocycles. The monoisotopic (exact) mass is 639 g/mol. The molecule has 4 nitrogen and oxygen atoms in total. The van der Waals surface area contributed by atoms with Crippen LogP contribution in [0.25, 0.3) is 0 Å². The quantitative estimate of drug-likeness (QED) is 0.0977. The molecule has 43 heavy (non-hydrogen) atoms. The van der Waals surface area contributed by atoms with E-state index < -0.39 is 32.4 Å². The van der Waals surface area contributed by atoms with E-state index >= 15 is 0 Å². The normalized spacial score (nSPS) is 14.6. The van der Waals surface area contributed by atoms with Crippen LogP contribution in [0, 0.1) is 11.8 Å². The van der Waals surface area contributed by atoms with E-state index in [4.69, 9.17) is 8.85 Å². The largest absolute Gasteiger partial charge is 0.416 e. The van der Waals surface area contributed by atoms with Gasteiger partial charge in [0.25, 0.3) is 8.32 Å². The van der Waals surface area contributed by atoms with E-state index in [9.17, 15) is 4.21 Å². The number of nitrogens with zero attached hydrogens (tertiary/aromatic N) is 1. The Hall–Kier alpha value is -1.80. The highest BCUT2D eigenvalue weighted by Crippen LogP contribution is 2.37. The van der Waals surface area contributed by atoms with Crippen molar-refractivity contribution in [2.24, 2.45) is 0 Å². The van der Waals surface area contributed by atoms with Gasteiger partial charge in [-0.05, 0) is 60.7 Å². The van der Waals surface area contributed by atoms with Gasteiger partial charge >= 0.3 is 0 Å². The Bertz CT molecular complexity index is 1190. The minimum Gasteiger partial charge on any atom is -0.416 e. The van der Waals surface area contributed by atoms with Crippen molar-refractivity contribution in [3.05, 3.63) is 73.3 Å². The molecule has 0 saturated heterocycles. The van der Waals surface area contributed by atoms with Crippen molar-refractivity contribution in [3.63, 3.8) is 0 Å². The summed E-state index contributed by atoms with van der Waals surface area (Å²) in [6.07, 6.45) is 3.10. The zero-order valence-corrected chi connectivity index (χ0v) is 31.6. The van der Waals surface area contributed by atoms with Gasteiger partial charge in [0.05, 0.1) is 10.8 Å². The van der Waals surface area contributed by atoms with Gasteiger partial charge in [-0.2, -0.15) is 0 Å². The molecule has 2 atom stereocenters. The van der Waals surface area contributed by atoms with Crippen molar-refractivity contribution in [1.82, 2.24) is 4.31 Å². The maximum Gasteiger partial charge on any atom is 0.261 e. The summed E-state index contributed by atoms with van der Waals surface area (Å²) in [6.45, 7) is 29.8. The fourth-order valence-corrected chi connectivity index (χ4v) is 11.9. The van der Waals surface area contributed by atoms with Gasteiger partial charge in [0.1, 0.15) is 11.0 Å². The topological polar surface area (TPSA) is 38.8 Å². The first-order valence-corrected chi connectivity index (χ1v) is 21.5. The first kappa shape index (κ1) is 37.4. The van der Waals surface area contributed by atoms with Gasteiger partial charge in [-0.1, -0.05) is 120 Å². The summed E-state index contributed by atoms with van der Waals surface area (Å²) in [7, 11) is -5.79. The average molecular weight is 640 g/mol. The van der Waals surface area contributed by atoms with Crippen LogP contribution < -0.4 is 10.4 Å². The molecule has 0 saturated carbocycles. The van der Waals surface area contributed by atoms with Crippen molar-refractivity contribution in [3.8, 4) is 11.8 Å². The fourth-order valence-electron chi connectivity index (χ4n) is 4.93. The van der Waals surface area contributed by atoms with Gasteiger partial charge in [0.15, 0.2) is 8.32 Å². The number of rotatable bonds is 13. The lowest BCUT2D eigenvalue weighted by Crippen LogP contribution is -2.66. The van der Waals surface area contributed by atoms with Crippen LogP contribution in [0.2, 0.25) is 23.2 Å². The summed E-state index contributed by atoms with van der Waals surface area (Å²) in [4.78, 5) is 0. The minimum absolute atomic E-state index is 0.118. The Kier molecular flexibility index (Phi) is 13.5. The molecule has 7 heteroatoms. The minimum atomic E-state index is -2.69. The number of hydrogen-bond acceptors (Lipinski definition) is 3. The number of benzene rings is 2. The molecule has 2 aromatic carbocycles. The molecule has 2 aromatic rings. The third-order valence-corrected chi connectivity index (χ3v) is 19.7. The lowest BCUT2D eigenvalue weighted by atomic mass is 10.2. The molecule has 0 bridgehead atoms. The van der Waals surface area contributed by atoms with Crippen LogP contribution in [0.1, 0.15) is 75.2 Å². The predicted molar refractivity (Wildman–Crippen MR) is 192 cm³/mol. The van der Waals surface area contributed by atoms with E-state index in [0.717, 1.165) is 0 Å². The van der Waals surface area contributed by atoms with Crippen molar-refractivity contribution in [2.45, 2.75) is 109 Å². The van der Waals surface area contributed by atoms with Crippen molar-refractivity contribution < 1.29 is 13.1 Å². The molecule has 0 fully saturated rings. The highest BCUT2D eigenvalue weighted by molar-refractivity contribution is 7.84. The Morgan fingerprint density at radius 3 is 1.77 bits per heavy atom. The lowest BCUT2D eigenvalue weighted by molar-refractivity contribution is 0.261. The SMILES string of the molecule is C=CCN(C(C#CCCO[Si](C)(C)C(C)(C)C)CCO[Si](c1ccccc1)(c1ccccc1)C(C)(C)C)[S@](=O)C(C)(C)C. The standard InChI is InChI=1S/C36H57NO3SSi2/c1-13-28-37(41(38)34(2,3)4)31(22-20-21-29-39-42(11,12)35(5,6)7)27-30-40-43(36(8,9)10,32-23-16-14-17-24-32)33-25-18-15-19-26-33/h13-19,23-26,31H,1,21,27-30H2,2-12H3/t31?,41-/m1/s1. The van der Waals surface area contributed by atoms with Crippen LogP contribution in [-0.4, -0.2) is 55.7 Å². The summed E-state index contributed by atoms with van der Waals surface area (Å²) < 4.78 is 28.9. The van der Waals surface area contributed by atoms with Gasteiger partial charge in [0.2, 0.25) is 0 Å². The third kappa shape index (κ3) is 9.84. The number of hydrogen-bond donors (Lipinski definition) is 0. The van der Waals surface area contributed by atoms with Gasteiger partial charge in [0, 0.05) is 26.2 Å². The molecule has 238 valence electrons. The third-order valence-electron chi connectivity index (χ3n) is 8.29. The maximum absolute atomic E-state index is 13.8. The first-order chi connectivity index (χ1) is 19.9. The van der Waals surface area contributed by atoms with Crippen LogP contribution >= 0.6 is 0 Å². The zero-order valence-electron chi connectivity index (χ0n) is 28.8. The lowest BCUT2D eigenvalue weighted by Gasteiger charge is -2.43. The van der Waals surface area contributed by atoms with E-state index in [1.54, 1.807) is 0 Å². The molecule has 0 aliphatic rings.